The fourth-order valence-corrected chi connectivity index (χ4v) is 3.98. The molecule has 0 fully saturated rings. The van der Waals surface area contributed by atoms with Crippen LogP contribution < -0.4 is 4.74 Å². The fraction of sp³-hybridized carbons (Fsp3) is 0.278. The van der Waals surface area contributed by atoms with Gasteiger partial charge in [0.1, 0.15) is 12.4 Å². The Morgan fingerprint density at radius 3 is 2.59 bits per heavy atom. The molecular weight excluding hydrogens is 437 g/mol. The summed E-state index contributed by atoms with van der Waals surface area (Å²) in [5.74, 6) is 0.251. The maximum Gasteiger partial charge on any atom is 0.242 e. The van der Waals surface area contributed by atoms with Crippen molar-refractivity contribution in [3.8, 4) is 5.75 Å². The number of rotatable bonds is 6. The van der Waals surface area contributed by atoms with Crippen molar-refractivity contribution in [2.75, 3.05) is 14.1 Å². The summed E-state index contributed by atoms with van der Waals surface area (Å²) in [5, 5.41) is 0. The van der Waals surface area contributed by atoms with E-state index in [0.717, 1.165) is 9.82 Å². The molecule has 0 saturated carbocycles. The zero-order chi connectivity index (χ0) is 19.8. The lowest BCUT2D eigenvalue weighted by Crippen LogP contribution is -2.22. The standard InChI is InChI=1S/C18H19BrFN3O3S/c1-4-23-16-7-6-13(27(24,25)22(2)3)10-15(16)21-18(23)11-26-17-8-5-12(19)9-14(17)20/h5-10H,4,11H2,1-3H3. The van der Waals surface area contributed by atoms with Gasteiger partial charge in [-0.05, 0) is 43.3 Å². The topological polar surface area (TPSA) is 64.4 Å². The minimum absolute atomic E-state index is 0.0663. The van der Waals surface area contributed by atoms with Crippen LogP contribution in [0.3, 0.4) is 0 Å². The number of benzene rings is 2. The van der Waals surface area contributed by atoms with E-state index >= 15 is 0 Å². The van der Waals surface area contributed by atoms with Crippen LogP contribution in [0.4, 0.5) is 4.39 Å². The Hall–Kier alpha value is -1.97. The van der Waals surface area contributed by atoms with Crippen molar-refractivity contribution in [3.63, 3.8) is 0 Å². The molecule has 3 rings (SSSR count). The lowest BCUT2D eigenvalue weighted by atomic mass is 10.3. The molecule has 0 bridgehead atoms. The lowest BCUT2D eigenvalue weighted by Gasteiger charge is -2.11. The predicted octanol–water partition coefficient (Wildman–Crippen LogP) is 3.79. The first-order valence-corrected chi connectivity index (χ1v) is 10.5. The van der Waals surface area contributed by atoms with E-state index < -0.39 is 15.8 Å². The van der Waals surface area contributed by atoms with Gasteiger partial charge in [0.05, 0.1) is 15.9 Å². The summed E-state index contributed by atoms with van der Waals surface area (Å²) in [7, 11) is -0.580. The van der Waals surface area contributed by atoms with Crippen molar-refractivity contribution >= 4 is 37.0 Å². The Morgan fingerprint density at radius 2 is 1.96 bits per heavy atom. The molecule has 27 heavy (non-hydrogen) atoms. The molecule has 144 valence electrons. The number of nitrogens with zero attached hydrogens (tertiary/aromatic N) is 3. The van der Waals surface area contributed by atoms with Gasteiger partial charge < -0.3 is 9.30 Å². The maximum absolute atomic E-state index is 13.9. The highest BCUT2D eigenvalue weighted by molar-refractivity contribution is 9.10. The second-order valence-electron chi connectivity index (χ2n) is 6.07. The van der Waals surface area contributed by atoms with Gasteiger partial charge in [0.25, 0.3) is 0 Å². The SMILES string of the molecule is CCn1c(COc2ccc(Br)cc2F)nc2cc(S(=O)(=O)N(C)C)ccc21. The van der Waals surface area contributed by atoms with Crippen LogP contribution in [0, 0.1) is 5.82 Å². The van der Waals surface area contributed by atoms with E-state index in [1.165, 1.54) is 20.2 Å². The average molecular weight is 456 g/mol. The first kappa shape index (κ1) is 19.8. The molecule has 0 amide bonds. The van der Waals surface area contributed by atoms with E-state index in [1.54, 1.807) is 30.3 Å². The van der Waals surface area contributed by atoms with Crippen LogP contribution in [0.1, 0.15) is 12.7 Å². The number of fused-ring (bicyclic) bond motifs is 1. The van der Waals surface area contributed by atoms with Crippen molar-refractivity contribution in [3.05, 3.63) is 52.5 Å². The highest BCUT2D eigenvalue weighted by Crippen LogP contribution is 2.25. The summed E-state index contributed by atoms with van der Waals surface area (Å²) in [6.45, 7) is 2.64. The number of aryl methyl sites for hydroxylation is 1. The van der Waals surface area contributed by atoms with Gasteiger partial charge in [-0.25, -0.2) is 22.1 Å². The van der Waals surface area contributed by atoms with Crippen LogP contribution in [0.2, 0.25) is 0 Å². The zero-order valence-corrected chi connectivity index (χ0v) is 17.5. The number of imidazole rings is 1. The number of sulfonamides is 1. The third-order valence-electron chi connectivity index (χ3n) is 4.14. The first-order chi connectivity index (χ1) is 12.7. The highest BCUT2D eigenvalue weighted by Gasteiger charge is 2.19. The van der Waals surface area contributed by atoms with Crippen molar-refractivity contribution in [2.24, 2.45) is 0 Å². The molecule has 0 saturated heterocycles. The minimum atomic E-state index is -3.54. The molecule has 0 aliphatic heterocycles. The molecule has 1 heterocycles. The largest absolute Gasteiger partial charge is 0.483 e. The second-order valence-corrected chi connectivity index (χ2v) is 9.14. The summed E-state index contributed by atoms with van der Waals surface area (Å²) < 4.78 is 47.9. The van der Waals surface area contributed by atoms with Crippen LogP contribution in [-0.4, -0.2) is 36.4 Å². The molecular formula is C18H19BrFN3O3S. The molecule has 9 heteroatoms. The monoisotopic (exact) mass is 455 g/mol. The summed E-state index contributed by atoms with van der Waals surface area (Å²) in [6.07, 6.45) is 0. The molecule has 0 unspecified atom stereocenters. The summed E-state index contributed by atoms with van der Waals surface area (Å²) in [4.78, 5) is 4.68. The Labute approximate surface area is 165 Å². The number of aromatic nitrogens is 2. The fourth-order valence-electron chi connectivity index (χ4n) is 2.73. The van der Waals surface area contributed by atoms with Crippen molar-refractivity contribution < 1.29 is 17.5 Å². The van der Waals surface area contributed by atoms with E-state index in [0.29, 0.717) is 22.4 Å². The normalized spacial score (nSPS) is 12.1. The molecule has 0 atom stereocenters. The van der Waals surface area contributed by atoms with Crippen LogP contribution in [0.5, 0.6) is 5.75 Å². The van der Waals surface area contributed by atoms with Gasteiger partial charge in [-0.3, -0.25) is 0 Å². The smallest absolute Gasteiger partial charge is 0.242 e. The third-order valence-corrected chi connectivity index (χ3v) is 6.45. The molecule has 1 aromatic heterocycles. The number of halogens is 2. The van der Waals surface area contributed by atoms with E-state index in [1.807, 2.05) is 11.5 Å². The van der Waals surface area contributed by atoms with E-state index in [2.05, 4.69) is 20.9 Å². The Bertz CT molecular complexity index is 1100. The van der Waals surface area contributed by atoms with Gasteiger partial charge in [-0.15, -0.1) is 0 Å². The molecule has 0 N–H and O–H groups in total. The van der Waals surface area contributed by atoms with Gasteiger partial charge >= 0.3 is 0 Å². The zero-order valence-electron chi connectivity index (χ0n) is 15.1. The predicted molar refractivity (Wildman–Crippen MR) is 105 cm³/mol. The Balaban J connectivity index is 1.96. The van der Waals surface area contributed by atoms with Crippen molar-refractivity contribution in [1.82, 2.24) is 13.9 Å². The molecule has 0 spiro atoms. The van der Waals surface area contributed by atoms with E-state index in [-0.39, 0.29) is 17.3 Å². The molecule has 0 aliphatic carbocycles. The summed E-state index contributed by atoms with van der Waals surface area (Å²) >= 11 is 3.21. The van der Waals surface area contributed by atoms with Crippen LogP contribution in [0.15, 0.2) is 45.8 Å². The average Bonchev–Trinajstić information content (AvgIpc) is 2.97. The molecule has 0 aliphatic rings. The second kappa shape index (κ2) is 7.57. The molecule has 0 radical (unpaired) electrons. The number of ether oxygens (including phenoxy) is 1. The maximum atomic E-state index is 13.9. The lowest BCUT2D eigenvalue weighted by molar-refractivity contribution is 0.276. The molecule has 3 aromatic rings. The number of hydrogen-bond acceptors (Lipinski definition) is 4. The van der Waals surface area contributed by atoms with Gasteiger partial charge in [0.2, 0.25) is 10.0 Å². The highest BCUT2D eigenvalue weighted by atomic mass is 79.9. The quantitative estimate of drug-likeness (QED) is 0.567. The van der Waals surface area contributed by atoms with E-state index in [9.17, 15) is 12.8 Å². The molecule has 2 aromatic carbocycles. The van der Waals surface area contributed by atoms with Gasteiger partial charge in [-0.1, -0.05) is 15.9 Å². The van der Waals surface area contributed by atoms with Crippen LogP contribution >= 0.6 is 15.9 Å². The summed E-state index contributed by atoms with van der Waals surface area (Å²) in [6, 6.07) is 9.40. The van der Waals surface area contributed by atoms with Gasteiger partial charge in [0, 0.05) is 25.1 Å². The van der Waals surface area contributed by atoms with Gasteiger partial charge in [-0.2, -0.15) is 0 Å². The molecule has 6 nitrogen and oxygen atoms in total. The van der Waals surface area contributed by atoms with Crippen LogP contribution in [-0.2, 0) is 23.2 Å². The summed E-state index contributed by atoms with van der Waals surface area (Å²) in [5.41, 5.74) is 1.35. The van der Waals surface area contributed by atoms with Crippen molar-refractivity contribution in [2.45, 2.75) is 25.0 Å². The first-order valence-electron chi connectivity index (χ1n) is 8.23. The minimum Gasteiger partial charge on any atom is -0.483 e. The van der Waals surface area contributed by atoms with Gasteiger partial charge in [0.15, 0.2) is 11.6 Å². The van der Waals surface area contributed by atoms with Crippen LogP contribution in [0.25, 0.3) is 11.0 Å². The third kappa shape index (κ3) is 3.85. The number of hydrogen-bond donors (Lipinski definition) is 0. The van der Waals surface area contributed by atoms with E-state index in [4.69, 9.17) is 4.74 Å². The van der Waals surface area contributed by atoms with Crippen molar-refractivity contribution in [1.29, 1.82) is 0 Å². The Kier molecular flexibility index (Phi) is 5.55. The Morgan fingerprint density at radius 1 is 1.22 bits per heavy atom.